The third-order valence-electron chi connectivity index (χ3n) is 2.71. The quantitative estimate of drug-likeness (QED) is 0.488. The lowest BCUT2D eigenvalue weighted by Gasteiger charge is -1.98. The van der Waals surface area contributed by atoms with Gasteiger partial charge in [0.25, 0.3) is 0 Å². The lowest BCUT2D eigenvalue weighted by Crippen LogP contribution is -1.77. The van der Waals surface area contributed by atoms with Crippen molar-refractivity contribution in [2.45, 2.75) is 6.42 Å². The van der Waals surface area contributed by atoms with E-state index in [4.69, 9.17) is 0 Å². The molecule has 0 bridgehead atoms. The average molecular weight is 200 g/mol. The molecule has 1 heteroatoms. The maximum Gasteiger partial charge on any atom is -0.00135 e. The van der Waals surface area contributed by atoms with Gasteiger partial charge < -0.3 is 0 Å². The summed E-state index contributed by atoms with van der Waals surface area (Å²) in [7, 11) is 0. The fraction of sp³-hybridized carbons (Fsp3) is 0.0769. The Bertz CT molecular complexity index is 417. The number of rotatable bonds is 0. The topological polar surface area (TPSA) is 0 Å². The Balaban J connectivity index is 0.000000750. The first-order valence-corrected chi connectivity index (χ1v) is 4.61. The zero-order valence-electron chi connectivity index (χ0n) is 8.03. The highest BCUT2D eigenvalue weighted by atomic mass is 31.0. The normalized spacial score (nSPS) is 11.4. The van der Waals surface area contributed by atoms with E-state index < -0.39 is 0 Å². The summed E-state index contributed by atoms with van der Waals surface area (Å²) in [5.41, 5.74) is 5.75. The van der Waals surface area contributed by atoms with Crippen LogP contribution in [0.2, 0.25) is 0 Å². The molecule has 0 amide bonds. The minimum atomic E-state index is 0. The molecule has 0 heterocycles. The van der Waals surface area contributed by atoms with Crippen LogP contribution in [0.25, 0.3) is 11.1 Å². The summed E-state index contributed by atoms with van der Waals surface area (Å²) in [5.74, 6) is 0. The standard InChI is InChI=1S/C13H10.H3P/c1-3-7-12-10(5-1)9-11-6-2-4-8-13(11)12;/h1-8H,9H2;1H3. The first kappa shape index (κ1) is 9.43. The molecule has 0 saturated carbocycles. The fourth-order valence-corrected chi connectivity index (χ4v) is 2.08. The maximum atomic E-state index is 2.22. The van der Waals surface area contributed by atoms with Crippen LogP contribution in [0.4, 0.5) is 0 Å². The van der Waals surface area contributed by atoms with Gasteiger partial charge in [-0.2, -0.15) is 9.90 Å². The first-order valence-electron chi connectivity index (χ1n) is 4.61. The molecule has 1 aliphatic rings. The molecule has 1 unspecified atom stereocenters. The van der Waals surface area contributed by atoms with E-state index in [1.54, 1.807) is 0 Å². The predicted octanol–water partition coefficient (Wildman–Crippen LogP) is 3.32. The van der Waals surface area contributed by atoms with Gasteiger partial charge in [0.1, 0.15) is 0 Å². The van der Waals surface area contributed by atoms with Gasteiger partial charge in [0, 0.05) is 0 Å². The van der Waals surface area contributed by atoms with E-state index in [0.717, 1.165) is 6.42 Å². The Kier molecular flexibility index (Phi) is 2.39. The van der Waals surface area contributed by atoms with Crippen molar-refractivity contribution in [3.8, 4) is 11.1 Å². The van der Waals surface area contributed by atoms with Crippen molar-refractivity contribution in [1.82, 2.24) is 0 Å². The molecular formula is C13H13P. The minimum Gasteiger partial charge on any atom is -0.153 e. The molecule has 1 atom stereocenters. The van der Waals surface area contributed by atoms with Crippen molar-refractivity contribution in [2.24, 2.45) is 0 Å². The number of benzene rings is 2. The summed E-state index contributed by atoms with van der Waals surface area (Å²) in [6.07, 6.45) is 1.10. The molecule has 2 aromatic rings. The summed E-state index contributed by atoms with van der Waals surface area (Å²) in [4.78, 5) is 0. The second-order valence-electron chi connectivity index (χ2n) is 3.49. The van der Waals surface area contributed by atoms with Crippen LogP contribution in [-0.4, -0.2) is 0 Å². The van der Waals surface area contributed by atoms with Gasteiger partial charge in [-0.15, -0.1) is 0 Å². The van der Waals surface area contributed by atoms with Crippen molar-refractivity contribution in [1.29, 1.82) is 0 Å². The molecule has 2 aromatic carbocycles. The van der Waals surface area contributed by atoms with Crippen molar-refractivity contribution in [3.63, 3.8) is 0 Å². The largest absolute Gasteiger partial charge is 0.153 e. The van der Waals surface area contributed by atoms with E-state index in [1.807, 2.05) is 0 Å². The summed E-state index contributed by atoms with van der Waals surface area (Å²) in [6, 6.07) is 17.3. The van der Waals surface area contributed by atoms with Crippen LogP contribution in [0, 0.1) is 0 Å². The summed E-state index contributed by atoms with van der Waals surface area (Å²) in [5, 5.41) is 0. The Hall–Kier alpha value is -1.13. The van der Waals surface area contributed by atoms with E-state index in [1.165, 1.54) is 22.3 Å². The second-order valence-corrected chi connectivity index (χ2v) is 3.49. The zero-order chi connectivity index (χ0) is 8.67. The van der Waals surface area contributed by atoms with Crippen molar-refractivity contribution in [2.75, 3.05) is 0 Å². The lowest BCUT2D eigenvalue weighted by atomic mass is 10.1. The van der Waals surface area contributed by atoms with Gasteiger partial charge in [0.05, 0.1) is 0 Å². The van der Waals surface area contributed by atoms with Crippen molar-refractivity contribution >= 4 is 9.90 Å². The van der Waals surface area contributed by atoms with Crippen LogP contribution in [0.5, 0.6) is 0 Å². The van der Waals surface area contributed by atoms with Crippen LogP contribution >= 0.6 is 9.90 Å². The predicted molar refractivity (Wildman–Crippen MR) is 65.8 cm³/mol. The molecule has 0 spiro atoms. The van der Waals surface area contributed by atoms with E-state index in [2.05, 4.69) is 48.5 Å². The lowest BCUT2D eigenvalue weighted by molar-refractivity contribution is 1.26. The van der Waals surface area contributed by atoms with Gasteiger partial charge in [-0.3, -0.25) is 0 Å². The van der Waals surface area contributed by atoms with Crippen LogP contribution in [0.15, 0.2) is 48.5 Å². The van der Waals surface area contributed by atoms with Crippen LogP contribution < -0.4 is 0 Å². The third-order valence-corrected chi connectivity index (χ3v) is 2.71. The third kappa shape index (κ3) is 1.27. The van der Waals surface area contributed by atoms with Gasteiger partial charge in [0.15, 0.2) is 0 Å². The van der Waals surface area contributed by atoms with Gasteiger partial charge in [-0.25, -0.2) is 0 Å². The molecule has 0 aromatic heterocycles. The van der Waals surface area contributed by atoms with Crippen LogP contribution in [0.3, 0.4) is 0 Å². The fourth-order valence-electron chi connectivity index (χ4n) is 2.08. The summed E-state index contributed by atoms with van der Waals surface area (Å²) < 4.78 is 0. The maximum absolute atomic E-state index is 2.22. The molecule has 0 N–H and O–H groups in total. The average Bonchev–Trinajstić information content (AvgIpc) is 2.56. The second kappa shape index (κ2) is 3.55. The highest BCUT2D eigenvalue weighted by molar-refractivity contribution is 6.92. The molecule has 0 nitrogen and oxygen atoms in total. The summed E-state index contributed by atoms with van der Waals surface area (Å²) >= 11 is 0. The monoisotopic (exact) mass is 200 g/mol. The van der Waals surface area contributed by atoms with E-state index >= 15 is 0 Å². The van der Waals surface area contributed by atoms with Gasteiger partial charge in [0.2, 0.25) is 0 Å². The van der Waals surface area contributed by atoms with Gasteiger partial charge >= 0.3 is 0 Å². The number of fused-ring (bicyclic) bond motifs is 3. The molecule has 0 fully saturated rings. The number of hydrogen-bond donors (Lipinski definition) is 0. The van der Waals surface area contributed by atoms with Gasteiger partial charge in [-0.1, -0.05) is 48.5 Å². The zero-order valence-corrected chi connectivity index (χ0v) is 9.45. The molecule has 14 heavy (non-hydrogen) atoms. The SMILES string of the molecule is P.c1ccc2c(c1)Cc1ccccc1-2. The highest BCUT2D eigenvalue weighted by Crippen LogP contribution is 2.35. The molecule has 70 valence electrons. The van der Waals surface area contributed by atoms with Gasteiger partial charge in [-0.05, 0) is 28.7 Å². The Labute approximate surface area is 87.6 Å². The molecule has 1 aliphatic carbocycles. The Morgan fingerprint density at radius 3 is 1.57 bits per heavy atom. The van der Waals surface area contributed by atoms with E-state index in [9.17, 15) is 0 Å². The van der Waals surface area contributed by atoms with E-state index in [-0.39, 0.29) is 9.90 Å². The molecule has 0 radical (unpaired) electrons. The Morgan fingerprint density at radius 1 is 0.643 bits per heavy atom. The summed E-state index contributed by atoms with van der Waals surface area (Å²) in [6.45, 7) is 0. The Morgan fingerprint density at radius 2 is 1.07 bits per heavy atom. The van der Waals surface area contributed by atoms with Crippen molar-refractivity contribution in [3.05, 3.63) is 59.7 Å². The van der Waals surface area contributed by atoms with E-state index in [0.29, 0.717) is 0 Å². The molecule has 3 rings (SSSR count). The molecule has 0 aliphatic heterocycles. The minimum absolute atomic E-state index is 0. The smallest absolute Gasteiger partial charge is 0.00135 e. The molecular weight excluding hydrogens is 187 g/mol. The van der Waals surface area contributed by atoms with Crippen molar-refractivity contribution < 1.29 is 0 Å². The first-order chi connectivity index (χ1) is 6.45. The number of hydrogen-bond acceptors (Lipinski definition) is 0. The van der Waals surface area contributed by atoms with Crippen LogP contribution in [0.1, 0.15) is 11.1 Å². The van der Waals surface area contributed by atoms with Crippen LogP contribution in [-0.2, 0) is 6.42 Å². The molecule has 0 saturated heterocycles. The highest BCUT2D eigenvalue weighted by Gasteiger charge is 2.15.